The topological polar surface area (TPSA) is 97.9 Å². The van der Waals surface area contributed by atoms with Crippen LogP contribution in [0.1, 0.15) is 26.3 Å². The lowest BCUT2D eigenvalue weighted by Gasteiger charge is -2.34. The fourth-order valence-corrected chi connectivity index (χ4v) is 4.89. The highest BCUT2D eigenvalue weighted by atomic mass is 35.5. The largest absolute Gasteiger partial charge is 0.394 e. The number of carbonyl (C=O) groups excluding carboxylic acids is 2. The summed E-state index contributed by atoms with van der Waals surface area (Å²) >= 11 is 6.29. The van der Waals surface area contributed by atoms with Gasteiger partial charge in [-0.25, -0.2) is 0 Å². The Morgan fingerprint density at radius 1 is 1.09 bits per heavy atom. The minimum Gasteiger partial charge on any atom is -0.394 e. The number of aromatic amines is 1. The highest BCUT2D eigenvalue weighted by Gasteiger charge is 2.26. The van der Waals surface area contributed by atoms with E-state index in [0.717, 1.165) is 47.4 Å². The SMILES string of the molecule is O=C1NCc2c(Cl)ccc(-c3cc4cc(C(=O)N5CCN(CCOCCO)CC5)ccc4[nH]3)c21. The van der Waals surface area contributed by atoms with Crippen LogP contribution in [0.3, 0.4) is 0 Å². The number of amides is 2. The lowest BCUT2D eigenvalue weighted by atomic mass is 10.0. The van der Waals surface area contributed by atoms with E-state index in [1.165, 1.54) is 0 Å². The maximum Gasteiger partial charge on any atom is 0.253 e. The molecule has 3 aromatic rings. The summed E-state index contributed by atoms with van der Waals surface area (Å²) in [5, 5.41) is 13.1. The van der Waals surface area contributed by atoms with E-state index in [4.69, 9.17) is 21.4 Å². The molecule has 2 aliphatic heterocycles. The fourth-order valence-electron chi connectivity index (χ4n) is 4.66. The molecular formula is C25H27ClN4O4. The van der Waals surface area contributed by atoms with Crippen molar-refractivity contribution in [1.29, 1.82) is 0 Å². The van der Waals surface area contributed by atoms with Gasteiger partial charge in [-0.1, -0.05) is 17.7 Å². The summed E-state index contributed by atoms with van der Waals surface area (Å²) in [7, 11) is 0. The number of piperazine rings is 1. The van der Waals surface area contributed by atoms with Gasteiger partial charge in [-0.05, 0) is 30.3 Å². The van der Waals surface area contributed by atoms with Crippen molar-refractivity contribution in [2.24, 2.45) is 0 Å². The molecule has 178 valence electrons. The Labute approximate surface area is 202 Å². The summed E-state index contributed by atoms with van der Waals surface area (Å²) in [6, 6.07) is 11.3. The minimum atomic E-state index is -0.124. The number of halogens is 1. The molecule has 2 amide bonds. The summed E-state index contributed by atoms with van der Waals surface area (Å²) in [5.41, 5.74) is 4.60. The van der Waals surface area contributed by atoms with Gasteiger partial charge < -0.3 is 25.0 Å². The Hall–Kier alpha value is -2.91. The van der Waals surface area contributed by atoms with Gasteiger partial charge in [-0.2, -0.15) is 0 Å². The van der Waals surface area contributed by atoms with Crippen LogP contribution in [0.5, 0.6) is 0 Å². The number of hydrogen-bond acceptors (Lipinski definition) is 5. The maximum absolute atomic E-state index is 13.1. The smallest absolute Gasteiger partial charge is 0.253 e. The van der Waals surface area contributed by atoms with E-state index in [1.54, 1.807) is 0 Å². The number of hydrogen-bond donors (Lipinski definition) is 3. The van der Waals surface area contributed by atoms with Crippen molar-refractivity contribution in [3.8, 4) is 11.3 Å². The Bertz CT molecular complexity index is 1230. The van der Waals surface area contributed by atoms with Crippen molar-refractivity contribution < 1.29 is 19.4 Å². The molecule has 0 atom stereocenters. The lowest BCUT2D eigenvalue weighted by molar-refractivity contribution is 0.0486. The number of benzene rings is 2. The Morgan fingerprint density at radius 3 is 2.71 bits per heavy atom. The molecule has 0 spiro atoms. The number of carbonyl (C=O) groups is 2. The number of aliphatic hydroxyl groups is 1. The second-order valence-corrected chi connectivity index (χ2v) is 8.99. The standard InChI is InChI=1S/C25H27ClN4O4/c26-20-3-2-18(23-19(20)15-27-24(23)32)22-14-17-13-16(1-4-21(17)28-22)25(33)30-7-5-29(6-8-30)9-11-34-12-10-31/h1-4,13-14,28,31H,5-12,15H2,(H,27,32). The third-order valence-electron chi connectivity index (χ3n) is 6.51. The highest BCUT2D eigenvalue weighted by molar-refractivity contribution is 6.32. The van der Waals surface area contributed by atoms with E-state index in [0.29, 0.717) is 49.0 Å². The van der Waals surface area contributed by atoms with Crippen LogP contribution in [-0.4, -0.2) is 84.2 Å². The zero-order valence-electron chi connectivity index (χ0n) is 18.8. The molecule has 2 aliphatic rings. The first-order valence-electron chi connectivity index (χ1n) is 11.5. The molecule has 3 N–H and O–H groups in total. The van der Waals surface area contributed by atoms with Gasteiger partial charge in [0.1, 0.15) is 0 Å². The molecule has 0 saturated carbocycles. The van der Waals surface area contributed by atoms with Crippen molar-refractivity contribution in [3.63, 3.8) is 0 Å². The number of H-pyrrole nitrogens is 1. The molecule has 1 fully saturated rings. The predicted molar refractivity (Wildman–Crippen MR) is 130 cm³/mol. The van der Waals surface area contributed by atoms with Crippen molar-refractivity contribution in [2.45, 2.75) is 6.54 Å². The normalized spacial score (nSPS) is 16.2. The number of aromatic nitrogens is 1. The second kappa shape index (κ2) is 9.76. The number of rotatable bonds is 7. The Morgan fingerprint density at radius 2 is 1.91 bits per heavy atom. The average Bonchev–Trinajstić information content (AvgIpc) is 3.46. The van der Waals surface area contributed by atoms with Crippen LogP contribution in [0.4, 0.5) is 0 Å². The molecule has 34 heavy (non-hydrogen) atoms. The molecule has 0 bridgehead atoms. The molecule has 8 nitrogen and oxygen atoms in total. The number of nitrogens with one attached hydrogen (secondary N) is 2. The molecular weight excluding hydrogens is 456 g/mol. The average molecular weight is 483 g/mol. The van der Waals surface area contributed by atoms with E-state index in [2.05, 4.69) is 15.2 Å². The fraction of sp³-hybridized carbons (Fsp3) is 0.360. The molecule has 0 unspecified atom stereocenters. The van der Waals surface area contributed by atoms with Gasteiger partial charge in [0.2, 0.25) is 0 Å². The van der Waals surface area contributed by atoms with Crippen LogP contribution < -0.4 is 5.32 Å². The second-order valence-electron chi connectivity index (χ2n) is 8.59. The van der Waals surface area contributed by atoms with Crippen LogP contribution in [0.2, 0.25) is 5.02 Å². The number of aliphatic hydroxyl groups excluding tert-OH is 1. The monoisotopic (exact) mass is 482 g/mol. The maximum atomic E-state index is 13.1. The van der Waals surface area contributed by atoms with Gasteiger partial charge in [0.05, 0.1) is 25.4 Å². The van der Waals surface area contributed by atoms with Gasteiger partial charge in [0, 0.05) is 77.6 Å². The van der Waals surface area contributed by atoms with E-state index in [-0.39, 0.29) is 18.4 Å². The van der Waals surface area contributed by atoms with Crippen molar-refractivity contribution >= 4 is 34.3 Å². The van der Waals surface area contributed by atoms with E-state index < -0.39 is 0 Å². The summed E-state index contributed by atoms with van der Waals surface area (Å²) in [5.74, 6) is -0.103. The molecule has 9 heteroatoms. The number of fused-ring (bicyclic) bond motifs is 2. The first-order valence-corrected chi connectivity index (χ1v) is 11.9. The van der Waals surface area contributed by atoms with Crippen molar-refractivity contribution in [3.05, 3.63) is 58.1 Å². The van der Waals surface area contributed by atoms with Crippen molar-refractivity contribution in [2.75, 3.05) is 52.5 Å². The van der Waals surface area contributed by atoms with E-state index in [9.17, 15) is 9.59 Å². The molecule has 3 heterocycles. The summed E-state index contributed by atoms with van der Waals surface area (Å²) in [4.78, 5) is 33.1. The Kier molecular flexibility index (Phi) is 6.56. The van der Waals surface area contributed by atoms with Crippen LogP contribution in [0.15, 0.2) is 36.4 Å². The van der Waals surface area contributed by atoms with Crippen LogP contribution in [0, 0.1) is 0 Å². The molecule has 0 radical (unpaired) electrons. The number of nitrogens with zero attached hydrogens (tertiary/aromatic N) is 2. The van der Waals surface area contributed by atoms with E-state index in [1.807, 2.05) is 41.3 Å². The zero-order chi connectivity index (χ0) is 23.7. The minimum absolute atomic E-state index is 0.0209. The first kappa shape index (κ1) is 22.9. The van der Waals surface area contributed by atoms with Crippen LogP contribution >= 0.6 is 11.6 Å². The van der Waals surface area contributed by atoms with Gasteiger partial charge in [-0.3, -0.25) is 14.5 Å². The van der Waals surface area contributed by atoms with Crippen molar-refractivity contribution in [1.82, 2.24) is 20.1 Å². The van der Waals surface area contributed by atoms with Crippen LogP contribution in [-0.2, 0) is 11.3 Å². The third-order valence-corrected chi connectivity index (χ3v) is 6.87. The highest BCUT2D eigenvalue weighted by Crippen LogP contribution is 2.34. The van der Waals surface area contributed by atoms with Crippen LogP contribution in [0.25, 0.3) is 22.2 Å². The molecule has 0 aliphatic carbocycles. The number of ether oxygens (including phenoxy) is 1. The zero-order valence-corrected chi connectivity index (χ0v) is 19.5. The molecule has 5 rings (SSSR count). The third kappa shape index (κ3) is 4.42. The molecule has 1 aromatic heterocycles. The predicted octanol–water partition coefficient (Wildman–Crippen LogP) is 2.50. The van der Waals surface area contributed by atoms with Gasteiger partial charge in [0.15, 0.2) is 0 Å². The Balaban J connectivity index is 1.30. The van der Waals surface area contributed by atoms with E-state index >= 15 is 0 Å². The summed E-state index contributed by atoms with van der Waals surface area (Å²) in [6.07, 6.45) is 0. The molecule has 1 saturated heterocycles. The van der Waals surface area contributed by atoms with Gasteiger partial charge >= 0.3 is 0 Å². The quantitative estimate of drug-likeness (QED) is 0.449. The first-order chi connectivity index (χ1) is 16.5. The molecule has 2 aromatic carbocycles. The lowest BCUT2D eigenvalue weighted by Crippen LogP contribution is -2.49. The summed E-state index contributed by atoms with van der Waals surface area (Å²) in [6.45, 7) is 5.14. The summed E-state index contributed by atoms with van der Waals surface area (Å²) < 4.78 is 5.34. The van der Waals surface area contributed by atoms with Gasteiger partial charge in [-0.15, -0.1) is 0 Å². The van der Waals surface area contributed by atoms with Gasteiger partial charge in [0.25, 0.3) is 11.8 Å².